The predicted molar refractivity (Wildman–Crippen MR) is 136 cm³/mol. The molecule has 4 aromatic rings. The van der Waals surface area contributed by atoms with Gasteiger partial charge in [-0.1, -0.05) is 35.9 Å². The van der Waals surface area contributed by atoms with Gasteiger partial charge >= 0.3 is 0 Å². The van der Waals surface area contributed by atoms with E-state index in [1.54, 1.807) is 0 Å². The number of hydrogen-bond donors (Lipinski definition) is 3. The molecule has 7 nitrogen and oxygen atoms in total. The summed E-state index contributed by atoms with van der Waals surface area (Å²) in [5.41, 5.74) is 3.14. The quantitative estimate of drug-likeness (QED) is 0.378. The molecule has 2 saturated heterocycles. The first kappa shape index (κ1) is 21.9. The number of aromatic amines is 1. The first-order valence-electron chi connectivity index (χ1n) is 12.3. The second-order valence-electron chi connectivity index (χ2n) is 10.1. The lowest BCUT2D eigenvalue weighted by atomic mass is 9.76. The monoisotopic (exact) mass is 494 g/mol. The van der Waals surface area contributed by atoms with E-state index >= 15 is 0 Å². The van der Waals surface area contributed by atoms with Crippen molar-refractivity contribution in [3.05, 3.63) is 95.4 Å². The van der Waals surface area contributed by atoms with E-state index in [1.165, 1.54) is 24.3 Å². The molecule has 2 fully saturated rings. The Balaban J connectivity index is 1.38. The van der Waals surface area contributed by atoms with Crippen molar-refractivity contribution in [3.8, 4) is 0 Å². The van der Waals surface area contributed by atoms with E-state index in [2.05, 4.69) is 15.6 Å². The molecule has 184 valence electrons. The minimum absolute atomic E-state index is 0.301. The zero-order chi connectivity index (χ0) is 25.5. The second kappa shape index (κ2) is 7.60. The van der Waals surface area contributed by atoms with E-state index in [4.69, 9.17) is 0 Å². The van der Waals surface area contributed by atoms with Gasteiger partial charge in [-0.25, -0.2) is 9.29 Å². The number of aromatic nitrogens is 1. The lowest BCUT2D eigenvalue weighted by Crippen LogP contribution is -2.53. The van der Waals surface area contributed by atoms with Crippen molar-refractivity contribution in [1.29, 1.82) is 0 Å². The first-order valence-corrected chi connectivity index (χ1v) is 12.3. The summed E-state index contributed by atoms with van der Waals surface area (Å²) >= 11 is 0. The fourth-order valence-electron chi connectivity index (χ4n) is 6.47. The van der Waals surface area contributed by atoms with Crippen LogP contribution in [0.25, 0.3) is 10.9 Å². The molecule has 0 saturated carbocycles. The van der Waals surface area contributed by atoms with Gasteiger partial charge in [0.15, 0.2) is 0 Å². The molecule has 4 heterocycles. The topological polar surface area (TPSA) is 94.3 Å². The fraction of sp³-hybridized carbons (Fsp3) is 0.207. The van der Waals surface area contributed by atoms with Crippen molar-refractivity contribution < 1.29 is 18.8 Å². The number of para-hydroxylation sites is 1. The Hall–Kier alpha value is -4.30. The third kappa shape index (κ3) is 2.93. The van der Waals surface area contributed by atoms with Crippen LogP contribution in [0, 0.1) is 24.6 Å². The molecule has 0 unspecified atom stereocenters. The summed E-state index contributed by atoms with van der Waals surface area (Å²) < 4.78 is 13.6. The van der Waals surface area contributed by atoms with Crippen LogP contribution in [0.15, 0.2) is 72.9 Å². The van der Waals surface area contributed by atoms with Crippen LogP contribution in [0.1, 0.15) is 16.7 Å². The molecule has 3 aliphatic heterocycles. The highest BCUT2D eigenvalue weighted by molar-refractivity contribution is 6.25. The number of H-pyrrole nitrogens is 1. The Labute approximate surface area is 211 Å². The van der Waals surface area contributed by atoms with Crippen molar-refractivity contribution in [2.45, 2.75) is 24.9 Å². The minimum Gasteiger partial charge on any atom is -0.361 e. The molecule has 0 aliphatic carbocycles. The van der Waals surface area contributed by atoms with Crippen molar-refractivity contribution >= 4 is 40.0 Å². The number of benzene rings is 3. The van der Waals surface area contributed by atoms with Gasteiger partial charge in [-0.2, -0.15) is 0 Å². The average Bonchev–Trinajstić information content (AvgIpc) is 3.59. The smallest absolute Gasteiger partial charge is 0.250 e. The average molecular weight is 495 g/mol. The van der Waals surface area contributed by atoms with Crippen LogP contribution in [-0.2, 0) is 26.3 Å². The summed E-state index contributed by atoms with van der Waals surface area (Å²) in [6, 6.07) is 18.4. The van der Waals surface area contributed by atoms with Crippen molar-refractivity contribution in [1.82, 2.24) is 10.3 Å². The molecule has 3 amide bonds. The van der Waals surface area contributed by atoms with E-state index in [0.29, 0.717) is 23.4 Å². The molecule has 0 radical (unpaired) electrons. The standard InChI is InChI=1S/C29H23FN4O3/c1-15-6-11-22-20(12-15)29(28(37)32-22)25-24(26(35)34(27(25)36)18-9-7-17(30)8-10-18)23(33-29)13-16-14-31-21-5-3-2-4-19(16)21/h2-12,14,23-25,31,33H,13H2,1H3,(H,32,37)/t23-,24-,25-,29-/m1/s1. The summed E-state index contributed by atoms with van der Waals surface area (Å²) in [6.45, 7) is 1.93. The molecule has 1 spiro atoms. The van der Waals surface area contributed by atoms with Gasteiger partial charge in [-0.15, -0.1) is 0 Å². The Kier molecular flexibility index (Phi) is 4.51. The molecule has 1 aromatic heterocycles. The maximum Gasteiger partial charge on any atom is 0.250 e. The van der Waals surface area contributed by atoms with Crippen LogP contribution in [0.4, 0.5) is 15.8 Å². The van der Waals surface area contributed by atoms with Gasteiger partial charge in [0.25, 0.3) is 0 Å². The summed E-state index contributed by atoms with van der Waals surface area (Å²) in [4.78, 5) is 46.1. The number of halogens is 1. The van der Waals surface area contributed by atoms with E-state index in [-0.39, 0.29) is 11.8 Å². The maximum absolute atomic E-state index is 14.0. The Morgan fingerprint density at radius 1 is 0.973 bits per heavy atom. The number of anilines is 2. The number of nitrogens with zero attached hydrogens (tertiary/aromatic N) is 1. The Morgan fingerprint density at radius 2 is 1.76 bits per heavy atom. The lowest BCUT2D eigenvalue weighted by Gasteiger charge is -2.29. The van der Waals surface area contributed by atoms with Gasteiger partial charge in [-0.3, -0.25) is 19.7 Å². The molecule has 0 bridgehead atoms. The minimum atomic E-state index is -1.38. The number of carbonyl (C=O) groups is 3. The van der Waals surface area contributed by atoms with Crippen LogP contribution in [0.5, 0.6) is 0 Å². The van der Waals surface area contributed by atoms with Gasteiger partial charge in [0.05, 0.1) is 17.5 Å². The highest BCUT2D eigenvalue weighted by Gasteiger charge is 2.70. The number of nitrogens with one attached hydrogen (secondary N) is 3. The van der Waals surface area contributed by atoms with Gasteiger partial charge in [0, 0.05) is 34.4 Å². The molecule has 37 heavy (non-hydrogen) atoms. The highest BCUT2D eigenvalue weighted by atomic mass is 19.1. The first-order chi connectivity index (χ1) is 17.9. The zero-order valence-electron chi connectivity index (χ0n) is 19.9. The highest BCUT2D eigenvalue weighted by Crippen LogP contribution is 2.54. The molecule has 3 N–H and O–H groups in total. The van der Waals surface area contributed by atoms with Crippen molar-refractivity contribution in [2.75, 3.05) is 10.2 Å². The van der Waals surface area contributed by atoms with E-state index in [0.717, 1.165) is 26.9 Å². The van der Waals surface area contributed by atoms with Crippen LogP contribution >= 0.6 is 0 Å². The van der Waals surface area contributed by atoms with Gasteiger partial charge in [0.2, 0.25) is 17.7 Å². The van der Waals surface area contributed by atoms with Gasteiger partial charge < -0.3 is 10.3 Å². The molecule has 3 aromatic carbocycles. The van der Waals surface area contributed by atoms with Crippen molar-refractivity contribution in [2.24, 2.45) is 11.8 Å². The molecule has 8 heteroatoms. The molecular weight excluding hydrogens is 471 g/mol. The molecular formula is C29H23FN4O3. The summed E-state index contributed by atoms with van der Waals surface area (Å²) in [7, 11) is 0. The molecule has 3 aliphatic rings. The van der Waals surface area contributed by atoms with Crippen LogP contribution in [-0.4, -0.2) is 28.7 Å². The van der Waals surface area contributed by atoms with Gasteiger partial charge in [0.1, 0.15) is 11.4 Å². The normalized spacial score (nSPS) is 26.3. The van der Waals surface area contributed by atoms with Gasteiger partial charge in [-0.05, 0) is 55.3 Å². The van der Waals surface area contributed by atoms with Crippen LogP contribution in [0.2, 0.25) is 0 Å². The number of fused-ring (bicyclic) bond motifs is 5. The number of rotatable bonds is 3. The maximum atomic E-state index is 14.0. The van der Waals surface area contributed by atoms with Crippen LogP contribution in [0.3, 0.4) is 0 Å². The number of imide groups is 1. The largest absolute Gasteiger partial charge is 0.361 e. The Morgan fingerprint density at radius 3 is 2.57 bits per heavy atom. The SMILES string of the molecule is Cc1ccc2c(c1)[C@]1(N[C@H](Cc3c[nH]c4ccccc34)[C@H]3C(=O)N(c4ccc(F)cc4)C(=O)[C@@H]31)C(=O)N2. The molecule has 4 atom stereocenters. The Bertz CT molecular complexity index is 1630. The zero-order valence-corrected chi connectivity index (χ0v) is 19.9. The second-order valence-corrected chi connectivity index (χ2v) is 10.1. The third-order valence-corrected chi connectivity index (χ3v) is 8.07. The van der Waals surface area contributed by atoms with E-state index in [1.807, 2.05) is 55.6 Å². The summed E-state index contributed by atoms with van der Waals surface area (Å²) in [6.07, 6.45) is 2.36. The van der Waals surface area contributed by atoms with E-state index in [9.17, 15) is 18.8 Å². The van der Waals surface area contributed by atoms with Crippen LogP contribution < -0.4 is 15.5 Å². The van der Waals surface area contributed by atoms with E-state index < -0.39 is 35.1 Å². The molecule has 7 rings (SSSR count). The summed E-state index contributed by atoms with van der Waals surface area (Å²) in [5.74, 6) is -3.36. The lowest BCUT2D eigenvalue weighted by molar-refractivity contribution is -0.130. The third-order valence-electron chi connectivity index (χ3n) is 8.07. The summed E-state index contributed by atoms with van der Waals surface area (Å²) in [5, 5.41) is 7.46. The number of hydrogen-bond acceptors (Lipinski definition) is 4. The predicted octanol–water partition coefficient (Wildman–Crippen LogP) is 3.78. The number of amides is 3. The number of aryl methyl sites for hydroxylation is 1. The van der Waals surface area contributed by atoms with Crippen molar-refractivity contribution in [3.63, 3.8) is 0 Å². The fourth-order valence-corrected chi connectivity index (χ4v) is 6.47. The number of carbonyl (C=O) groups excluding carboxylic acids is 3.